The van der Waals surface area contributed by atoms with Crippen molar-refractivity contribution in [2.45, 2.75) is 44.7 Å². The Morgan fingerprint density at radius 1 is 1.08 bits per heavy atom. The predicted molar refractivity (Wildman–Crippen MR) is 144 cm³/mol. The van der Waals surface area contributed by atoms with E-state index in [0.717, 1.165) is 42.5 Å². The molecule has 1 saturated carbocycles. The summed E-state index contributed by atoms with van der Waals surface area (Å²) in [6.07, 6.45) is 5.30. The highest BCUT2D eigenvalue weighted by atomic mass is 19.1. The topological polar surface area (TPSA) is 147 Å². The summed E-state index contributed by atoms with van der Waals surface area (Å²) >= 11 is 0. The van der Waals surface area contributed by atoms with E-state index in [2.05, 4.69) is 20.6 Å². The highest BCUT2D eigenvalue weighted by Gasteiger charge is 2.25. The second-order valence-electron chi connectivity index (χ2n) is 9.08. The van der Waals surface area contributed by atoms with Crippen LogP contribution in [0.25, 0.3) is 10.8 Å². The van der Waals surface area contributed by atoms with Crippen molar-refractivity contribution in [3.63, 3.8) is 0 Å². The zero-order valence-electron chi connectivity index (χ0n) is 21.5. The van der Waals surface area contributed by atoms with Crippen LogP contribution in [-0.4, -0.2) is 61.0 Å². The third kappa shape index (κ3) is 6.85. The maximum atomic E-state index is 14.9. The summed E-state index contributed by atoms with van der Waals surface area (Å²) in [5, 5.41) is 7.78. The number of halogens is 1. The summed E-state index contributed by atoms with van der Waals surface area (Å²) < 4.78 is 31.5. The number of amides is 1. The van der Waals surface area contributed by atoms with Crippen LogP contribution in [0.15, 0.2) is 36.5 Å². The summed E-state index contributed by atoms with van der Waals surface area (Å²) in [5.41, 5.74) is 12.3. The molecule has 1 aliphatic rings. The van der Waals surface area contributed by atoms with Crippen molar-refractivity contribution in [1.29, 1.82) is 0 Å². The van der Waals surface area contributed by atoms with Crippen molar-refractivity contribution in [1.82, 2.24) is 9.97 Å². The molecule has 4 rings (SSSR count). The van der Waals surface area contributed by atoms with Gasteiger partial charge in [0.25, 0.3) is 5.91 Å². The Hall–Kier alpha value is -3.54. The number of anilines is 3. The maximum Gasteiger partial charge on any atom is 0.252 e. The average Bonchev–Trinajstić information content (AvgIpc) is 2.92. The number of benzene rings is 1. The first-order valence-electron chi connectivity index (χ1n) is 12.9. The van der Waals surface area contributed by atoms with Gasteiger partial charge in [0.05, 0.1) is 37.3 Å². The minimum atomic E-state index is -0.804. The Labute approximate surface area is 221 Å². The highest BCUT2D eigenvalue weighted by Crippen LogP contribution is 2.33. The van der Waals surface area contributed by atoms with Crippen LogP contribution < -0.4 is 26.8 Å². The second kappa shape index (κ2) is 13.3. The molecule has 2 atom stereocenters. The number of hydrogen-bond donors (Lipinski definition) is 4. The molecule has 1 aliphatic carbocycles. The first-order chi connectivity index (χ1) is 18.5. The lowest BCUT2D eigenvalue weighted by molar-refractivity contribution is 0.0401. The van der Waals surface area contributed by atoms with Crippen LogP contribution in [-0.2, 0) is 9.47 Å². The van der Waals surface area contributed by atoms with Gasteiger partial charge in [0, 0.05) is 29.5 Å². The van der Waals surface area contributed by atoms with Crippen molar-refractivity contribution in [2.75, 3.05) is 43.7 Å². The van der Waals surface area contributed by atoms with E-state index in [-0.39, 0.29) is 29.3 Å². The van der Waals surface area contributed by atoms with Crippen molar-refractivity contribution in [3.8, 4) is 5.88 Å². The summed E-state index contributed by atoms with van der Waals surface area (Å²) in [7, 11) is 0. The smallest absolute Gasteiger partial charge is 0.252 e. The quantitative estimate of drug-likeness (QED) is 0.245. The normalized spacial score (nSPS) is 17.3. The van der Waals surface area contributed by atoms with E-state index in [0.29, 0.717) is 44.6 Å². The van der Waals surface area contributed by atoms with Crippen LogP contribution in [0, 0.1) is 5.82 Å². The molecule has 1 aromatic carbocycles. The molecular weight excluding hydrogens is 491 g/mol. The minimum Gasteiger partial charge on any atom is -0.475 e. The van der Waals surface area contributed by atoms with Crippen LogP contribution in [0.4, 0.5) is 21.7 Å². The summed E-state index contributed by atoms with van der Waals surface area (Å²) in [6, 6.07) is 8.39. The highest BCUT2D eigenvalue weighted by molar-refractivity contribution is 6.02. The Balaban J connectivity index is 1.55. The van der Waals surface area contributed by atoms with Gasteiger partial charge in [0.1, 0.15) is 12.4 Å². The van der Waals surface area contributed by atoms with Crippen molar-refractivity contribution >= 4 is 34.0 Å². The van der Waals surface area contributed by atoms with E-state index < -0.39 is 11.7 Å². The second-order valence-corrected chi connectivity index (χ2v) is 9.08. The number of carbonyl (C=O) groups excluding carboxylic acids is 1. The number of fused-ring (bicyclic) bond motifs is 1. The van der Waals surface area contributed by atoms with Gasteiger partial charge in [-0.2, -0.15) is 0 Å². The van der Waals surface area contributed by atoms with Gasteiger partial charge in [0.15, 0.2) is 11.6 Å². The van der Waals surface area contributed by atoms with E-state index in [9.17, 15) is 9.18 Å². The fraction of sp³-hybridized carbons (Fsp3) is 0.444. The van der Waals surface area contributed by atoms with Crippen LogP contribution in [0.5, 0.6) is 5.88 Å². The molecule has 3 aromatic rings. The summed E-state index contributed by atoms with van der Waals surface area (Å²) in [5.74, 6) is -0.899. The molecular formula is C27H35FN6O4. The van der Waals surface area contributed by atoms with E-state index in [4.69, 9.17) is 25.7 Å². The van der Waals surface area contributed by atoms with Gasteiger partial charge in [-0.05, 0) is 31.9 Å². The monoisotopic (exact) mass is 526 g/mol. The number of primary amides is 1. The predicted octanol–water partition coefficient (Wildman–Crippen LogP) is 3.73. The number of carbonyl (C=O) groups is 1. The number of nitrogens with one attached hydrogen (secondary N) is 2. The van der Waals surface area contributed by atoms with Gasteiger partial charge < -0.3 is 36.3 Å². The van der Waals surface area contributed by atoms with E-state index in [1.165, 1.54) is 0 Å². The number of ether oxygens (including phenoxy) is 3. The SMILES string of the molecule is CCOCCOCCOc1ncc(Nc2nc(NC3CCCCC3N)c(F)cc2C(N)=O)c2ccccc12. The number of pyridine rings is 2. The number of hydrogen-bond acceptors (Lipinski definition) is 9. The standard InChI is InChI=1S/C27H35FN6O4/c1-2-36-11-12-37-13-14-38-27-18-8-4-3-7-17(18)23(16-31-27)33-25-19(24(30)35)15-20(28)26(34-25)32-22-10-6-5-9-21(22)29/h3-4,7-8,15-16,21-22H,2,5-6,9-14,29H2,1H3,(H2,30,35)(H2,32,33,34). The molecule has 2 aromatic heterocycles. The maximum absolute atomic E-state index is 14.9. The van der Waals surface area contributed by atoms with Crippen LogP contribution >= 0.6 is 0 Å². The van der Waals surface area contributed by atoms with Crippen molar-refractivity contribution < 1.29 is 23.4 Å². The van der Waals surface area contributed by atoms with E-state index in [1.807, 2.05) is 31.2 Å². The number of nitrogens with two attached hydrogens (primary N) is 2. The lowest BCUT2D eigenvalue weighted by atomic mass is 9.91. The number of rotatable bonds is 13. The van der Waals surface area contributed by atoms with E-state index >= 15 is 0 Å². The molecule has 11 heteroatoms. The van der Waals surface area contributed by atoms with Gasteiger partial charge in [0.2, 0.25) is 5.88 Å². The van der Waals surface area contributed by atoms with E-state index in [1.54, 1.807) is 6.20 Å². The molecule has 0 radical (unpaired) electrons. The molecule has 1 amide bonds. The Bertz CT molecular complexity index is 1240. The first-order valence-corrected chi connectivity index (χ1v) is 12.9. The molecule has 0 saturated heterocycles. The molecule has 0 spiro atoms. The molecule has 0 aliphatic heterocycles. The van der Waals surface area contributed by atoms with Crippen LogP contribution in [0.2, 0.25) is 0 Å². The van der Waals surface area contributed by atoms with Crippen molar-refractivity contribution in [2.24, 2.45) is 11.5 Å². The fourth-order valence-electron chi connectivity index (χ4n) is 4.46. The lowest BCUT2D eigenvalue weighted by Gasteiger charge is -2.30. The van der Waals surface area contributed by atoms with Gasteiger partial charge in [-0.15, -0.1) is 0 Å². The Morgan fingerprint density at radius 3 is 2.58 bits per heavy atom. The van der Waals surface area contributed by atoms with Gasteiger partial charge >= 0.3 is 0 Å². The van der Waals surface area contributed by atoms with Crippen LogP contribution in [0.1, 0.15) is 43.0 Å². The number of aromatic nitrogens is 2. The zero-order chi connectivity index (χ0) is 26.9. The van der Waals surface area contributed by atoms with Crippen molar-refractivity contribution in [3.05, 3.63) is 47.9 Å². The molecule has 204 valence electrons. The fourth-order valence-corrected chi connectivity index (χ4v) is 4.46. The lowest BCUT2D eigenvalue weighted by Crippen LogP contribution is -2.43. The largest absolute Gasteiger partial charge is 0.475 e. The van der Waals surface area contributed by atoms with Gasteiger partial charge in [-0.25, -0.2) is 14.4 Å². The number of nitrogens with zero attached hydrogens (tertiary/aromatic N) is 2. The molecule has 2 unspecified atom stereocenters. The molecule has 6 N–H and O–H groups in total. The van der Waals surface area contributed by atoms with Crippen LogP contribution in [0.3, 0.4) is 0 Å². The average molecular weight is 527 g/mol. The third-order valence-corrected chi connectivity index (χ3v) is 6.44. The zero-order valence-corrected chi connectivity index (χ0v) is 21.5. The Kier molecular flexibility index (Phi) is 9.63. The molecule has 38 heavy (non-hydrogen) atoms. The Morgan fingerprint density at radius 2 is 1.82 bits per heavy atom. The summed E-state index contributed by atoms with van der Waals surface area (Å²) in [4.78, 5) is 21.0. The molecule has 10 nitrogen and oxygen atoms in total. The van der Waals surface area contributed by atoms with Gasteiger partial charge in [-0.3, -0.25) is 4.79 Å². The molecule has 2 heterocycles. The first kappa shape index (κ1) is 27.5. The third-order valence-electron chi connectivity index (χ3n) is 6.44. The molecule has 0 bridgehead atoms. The van der Waals surface area contributed by atoms with Gasteiger partial charge in [-0.1, -0.05) is 31.0 Å². The minimum absolute atomic E-state index is 0.0152. The molecule has 1 fully saturated rings. The summed E-state index contributed by atoms with van der Waals surface area (Å²) in [6.45, 7) is 4.32.